The van der Waals surface area contributed by atoms with Crippen LogP contribution >= 0.6 is 11.3 Å². The minimum absolute atomic E-state index is 0.141. The van der Waals surface area contributed by atoms with Crippen LogP contribution in [0.1, 0.15) is 13.8 Å². The molecule has 2 aromatic heterocycles. The highest BCUT2D eigenvalue weighted by molar-refractivity contribution is 7.22. The number of nitrogens with one attached hydrogen (secondary N) is 2. The molecule has 2 amide bonds. The fourth-order valence-corrected chi connectivity index (χ4v) is 4.39. The van der Waals surface area contributed by atoms with Crippen molar-refractivity contribution in [3.05, 3.63) is 60.5 Å². The first kappa shape index (κ1) is 24.1. The lowest BCUT2D eigenvalue weighted by atomic mass is 9.99. The van der Waals surface area contributed by atoms with Crippen molar-refractivity contribution < 1.29 is 23.5 Å². The predicted molar refractivity (Wildman–Crippen MR) is 133 cm³/mol. The molecule has 0 atom stereocenters. The number of aromatic nitrogens is 2. The molecule has 0 aliphatic carbocycles. The molecule has 10 heteroatoms. The lowest BCUT2D eigenvalue weighted by molar-refractivity contribution is -0.145. The average molecular weight is 495 g/mol. The van der Waals surface area contributed by atoms with Gasteiger partial charge in [-0.15, -0.1) is 0 Å². The second-order valence-corrected chi connectivity index (χ2v) is 8.30. The number of rotatable bonds is 8. The molecular weight excluding hydrogens is 471 g/mol. The van der Waals surface area contributed by atoms with Gasteiger partial charge in [0, 0.05) is 23.9 Å². The summed E-state index contributed by atoms with van der Waals surface area (Å²) in [5, 5.41) is 5.57. The third kappa shape index (κ3) is 5.55. The van der Waals surface area contributed by atoms with Crippen molar-refractivity contribution in [3.63, 3.8) is 0 Å². The fourth-order valence-electron chi connectivity index (χ4n) is 3.41. The van der Waals surface area contributed by atoms with Crippen LogP contribution in [0.4, 0.5) is 14.3 Å². The van der Waals surface area contributed by atoms with E-state index in [0.29, 0.717) is 39.4 Å². The summed E-state index contributed by atoms with van der Waals surface area (Å²) in [6.07, 6.45) is 1.66. The number of urea groups is 1. The molecule has 0 bridgehead atoms. The average Bonchev–Trinajstić information content (AvgIpc) is 3.28. The van der Waals surface area contributed by atoms with E-state index in [4.69, 9.17) is 9.47 Å². The molecule has 180 valence electrons. The van der Waals surface area contributed by atoms with Crippen LogP contribution in [0.3, 0.4) is 0 Å². The van der Waals surface area contributed by atoms with Gasteiger partial charge in [-0.3, -0.25) is 10.3 Å². The van der Waals surface area contributed by atoms with E-state index in [2.05, 4.69) is 20.6 Å². The van der Waals surface area contributed by atoms with E-state index in [0.717, 1.165) is 0 Å². The third-order valence-electron chi connectivity index (χ3n) is 4.93. The van der Waals surface area contributed by atoms with E-state index in [1.165, 1.54) is 11.3 Å². The lowest BCUT2D eigenvalue weighted by Gasteiger charge is -2.10. The first-order valence-electron chi connectivity index (χ1n) is 11.0. The molecular formula is C25H23FN4O4S. The minimum atomic E-state index is -0.514. The molecule has 4 aromatic rings. The van der Waals surface area contributed by atoms with Crippen molar-refractivity contribution >= 4 is 38.7 Å². The summed E-state index contributed by atoms with van der Waals surface area (Å²) < 4.78 is 26.5. The highest BCUT2D eigenvalue weighted by Gasteiger charge is 2.20. The molecule has 0 unspecified atom stereocenters. The number of nitrogens with zero attached hydrogens (tertiary/aromatic N) is 2. The topological polar surface area (TPSA) is 102 Å². The smallest absolute Gasteiger partial charge is 0.344 e. The number of anilines is 1. The van der Waals surface area contributed by atoms with Gasteiger partial charge in [0.25, 0.3) is 0 Å². The van der Waals surface area contributed by atoms with Crippen LogP contribution in [0.25, 0.3) is 32.6 Å². The lowest BCUT2D eigenvalue weighted by Crippen LogP contribution is -2.28. The first-order valence-corrected chi connectivity index (χ1v) is 11.8. The van der Waals surface area contributed by atoms with Gasteiger partial charge in [0.2, 0.25) is 0 Å². The first-order chi connectivity index (χ1) is 17.0. The van der Waals surface area contributed by atoms with Gasteiger partial charge < -0.3 is 14.8 Å². The van der Waals surface area contributed by atoms with Gasteiger partial charge in [0.1, 0.15) is 11.3 Å². The monoisotopic (exact) mass is 494 g/mol. The van der Waals surface area contributed by atoms with Crippen molar-refractivity contribution in [2.75, 3.05) is 25.1 Å². The summed E-state index contributed by atoms with van der Waals surface area (Å²) in [4.78, 5) is 32.3. The van der Waals surface area contributed by atoms with Gasteiger partial charge in [-0.05, 0) is 49.7 Å². The molecule has 0 radical (unpaired) electrons. The number of hydrogen-bond donors (Lipinski definition) is 2. The molecule has 0 saturated carbocycles. The van der Waals surface area contributed by atoms with Gasteiger partial charge in [0.15, 0.2) is 17.6 Å². The molecule has 0 saturated heterocycles. The molecule has 0 fully saturated rings. The Labute approximate surface area is 205 Å². The Bertz CT molecular complexity index is 1340. The Kier molecular flexibility index (Phi) is 7.51. The number of benzene rings is 2. The van der Waals surface area contributed by atoms with Crippen LogP contribution in [-0.4, -0.2) is 41.7 Å². The molecule has 2 heterocycles. The summed E-state index contributed by atoms with van der Waals surface area (Å²) in [5.41, 5.74) is 2.41. The van der Waals surface area contributed by atoms with E-state index in [1.807, 2.05) is 12.1 Å². The molecule has 8 nitrogen and oxygen atoms in total. The van der Waals surface area contributed by atoms with Crippen LogP contribution in [-0.2, 0) is 9.53 Å². The van der Waals surface area contributed by atoms with Crippen LogP contribution in [0.15, 0.2) is 54.7 Å². The van der Waals surface area contributed by atoms with E-state index < -0.39 is 17.8 Å². The molecule has 35 heavy (non-hydrogen) atoms. The molecule has 4 rings (SSSR count). The Morgan fingerprint density at radius 3 is 2.57 bits per heavy atom. The number of pyridine rings is 1. The van der Waals surface area contributed by atoms with Gasteiger partial charge in [-0.2, -0.15) is 0 Å². The van der Waals surface area contributed by atoms with Crippen LogP contribution in [0, 0.1) is 5.82 Å². The van der Waals surface area contributed by atoms with E-state index in [-0.39, 0.29) is 23.9 Å². The number of thiazole rings is 1. The largest absolute Gasteiger partial charge is 0.482 e. The van der Waals surface area contributed by atoms with Crippen molar-refractivity contribution in [2.24, 2.45) is 0 Å². The van der Waals surface area contributed by atoms with Crippen molar-refractivity contribution in [1.82, 2.24) is 15.3 Å². The van der Waals surface area contributed by atoms with Gasteiger partial charge in [-0.25, -0.2) is 19.0 Å². The number of halogens is 1. The second kappa shape index (κ2) is 10.9. The third-order valence-corrected chi connectivity index (χ3v) is 5.93. The van der Waals surface area contributed by atoms with Crippen molar-refractivity contribution in [1.29, 1.82) is 0 Å². The van der Waals surface area contributed by atoms with Gasteiger partial charge >= 0.3 is 12.0 Å². The Balaban J connectivity index is 1.73. The minimum Gasteiger partial charge on any atom is -0.482 e. The van der Waals surface area contributed by atoms with E-state index in [9.17, 15) is 9.59 Å². The number of esters is 1. The summed E-state index contributed by atoms with van der Waals surface area (Å²) >= 11 is 1.18. The number of hydrogen-bond acceptors (Lipinski definition) is 7. The number of amides is 2. The van der Waals surface area contributed by atoms with Crippen LogP contribution < -0.4 is 15.4 Å². The quantitative estimate of drug-likeness (QED) is 0.325. The van der Waals surface area contributed by atoms with Gasteiger partial charge in [-0.1, -0.05) is 29.5 Å². The zero-order valence-electron chi connectivity index (χ0n) is 19.1. The normalized spacial score (nSPS) is 10.7. The van der Waals surface area contributed by atoms with E-state index in [1.54, 1.807) is 56.4 Å². The molecule has 0 aliphatic heterocycles. The van der Waals surface area contributed by atoms with Crippen LogP contribution in [0.5, 0.6) is 5.75 Å². The van der Waals surface area contributed by atoms with Crippen molar-refractivity contribution in [3.8, 4) is 28.1 Å². The fraction of sp³-hybridized carbons (Fsp3) is 0.200. The zero-order valence-corrected chi connectivity index (χ0v) is 19.9. The molecule has 2 N–H and O–H groups in total. The molecule has 0 spiro atoms. The number of ether oxygens (including phenoxy) is 2. The number of carbonyl (C=O) groups excluding carboxylic acids is 2. The molecule has 2 aromatic carbocycles. The highest BCUT2D eigenvalue weighted by atomic mass is 32.1. The van der Waals surface area contributed by atoms with Crippen molar-refractivity contribution in [2.45, 2.75) is 13.8 Å². The predicted octanol–water partition coefficient (Wildman–Crippen LogP) is 5.25. The number of carbonyl (C=O) groups is 2. The Morgan fingerprint density at radius 1 is 1.09 bits per heavy atom. The Morgan fingerprint density at radius 2 is 1.89 bits per heavy atom. The maximum absolute atomic E-state index is 15.7. The summed E-state index contributed by atoms with van der Waals surface area (Å²) in [6, 6.07) is 13.5. The van der Waals surface area contributed by atoms with Gasteiger partial charge in [0.05, 0.1) is 17.0 Å². The summed E-state index contributed by atoms with van der Waals surface area (Å²) in [5.74, 6) is -0.524. The standard InChI is InChI=1S/C25H23FN4O4S/c1-3-27-24(32)30-25-29-22-21(26)17(13-18(23(22)35-25)19-7-5-6-12-28-19)15-8-10-16(11-9-15)34-14-20(31)33-4-2/h5-13H,3-4,14H2,1-2H3,(H2,27,29,30,32). The SMILES string of the molecule is CCNC(=O)Nc1nc2c(F)c(-c3ccc(OCC(=O)OCC)cc3)cc(-c3ccccn3)c2s1. The summed E-state index contributed by atoms with van der Waals surface area (Å²) in [7, 11) is 0. The Hall–Kier alpha value is -4.05. The highest BCUT2D eigenvalue weighted by Crippen LogP contribution is 2.40. The molecule has 0 aliphatic rings. The maximum atomic E-state index is 15.7. The number of fused-ring (bicyclic) bond motifs is 1. The maximum Gasteiger partial charge on any atom is 0.344 e. The summed E-state index contributed by atoms with van der Waals surface area (Å²) in [6.45, 7) is 4.04. The zero-order chi connectivity index (χ0) is 24.8. The van der Waals surface area contributed by atoms with E-state index >= 15 is 4.39 Å². The van der Waals surface area contributed by atoms with Crippen LogP contribution in [0.2, 0.25) is 0 Å². The second-order valence-electron chi connectivity index (χ2n) is 7.30.